The van der Waals surface area contributed by atoms with Crippen LogP contribution in [0.3, 0.4) is 0 Å². The molecule has 0 aliphatic heterocycles. The Hall–Kier alpha value is -1.80. The normalized spacial score (nSPS) is 18.8. The summed E-state index contributed by atoms with van der Waals surface area (Å²) in [5.74, 6) is 0.736. The fourth-order valence-electron chi connectivity index (χ4n) is 5.01. The predicted molar refractivity (Wildman–Crippen MR) is 109 cm³/mol. The summed E-state index contributed by atoms with van der Waals surface area (Å²) in [5.41, 5.74) is 2.75. The second kappa shape index (κ2) is 8.93. The van der Waals surface area contributed by atoms with Crippen molar-refractivity contribution >= 4 is 11.7 Å². The molecule has 0 saturated heterocycles. The first-order valence-electron chi connectivity index (χ1n) is 10.7. The van der Waals surface area contributed by atoms with E-state index >= 15 is 0 Å². The van der Waals surface area contributed by atoms with E-state index in [1.807, 2.05) is 6.92 Å². The van der Waals surface area contributed by atoms with E-state index in [0.29, 0.717) is 24.2 Å². The molecule has 148 valence electrons. The van der Waals surface area contributed by atoms with Crippen LogP contribution in [0.25, 0.3) is 0 Å². The fraction of sp³-hybridized carbons (Fsp3) is 0.727. The zero-order valence-electron chi connectivity index (χ0n) is 17.2. The molecule has 0 radical (unpaired) electrons. The van der Waals surface area contributed by atoms with E-state index in [1.54, 1.807) is 0 Å². The van der Waals surface area contributed by atoms with Crippen molar-refractivity contribution in [3.8, 4) is 6.07 Å². The third-order valence-electron chi connectivity index (χ3n) is 6.66. The Kier molecular flexibility index (Phi) is 6.59. The molecule has 0 unspecified atom stereocenters. The van der Waals surface area contributed by atoms with Crippen molar-refractivity contribution in [3.63, 3.8) is 0 Å². The van der Waals surface area contributed by atoms with Gasteiger partial charge in [-0.05, 0) is 51.6 Å². The van der Waals surface area contributed by atoms with Gasteiger partial charge in [-0.2, -0.15) is 5.26 Å². The highest BCUT2D eigenvalue weighted by Gasteiger charge is 2.28. The second-order valence-corrected chi connectivity index (χ2v) is 8.26. The first-order valence-corrected chi connectivity index (χ1v) is 10.7. The maximum Gasteiger partial charge on any atom is 0.239 e. The molecular weight excluding hydrogens is 336 g/mol. The molecule has 0 aromatic carbocycles. The summed E-state index contributed by atoms with van der Waals surface area (Å²) < 4.78 is 2.23. The number of hydrogen-bond donors (Lipinski definition) is 1. The molecule has 5 heteroatoms. The third-order valence-corrected chi connectivity index (χ3v) is 6.66. The van der Waals surface area contributed by atoms with Crippen LogP contribution in [0.15, 0.2) is 0 Å². The summed E-state index contributed by atoms with van der Waals surface area (Å²) >= 11 is 0. The van der Waals surface area contributed by atoms with Gasteiger partial charge in [0.15, 0.2) is 0 Å². The Morgan fingerprint density at radius 2 is 1.78 bits per heavy atom. The maximum atomic E-state index is 12.9. The number of rotatable bonds is 6. The number of nitrogens with zero attached hydrogens (tertiary/aromatic N) is 3. The molecule has 0 bridgehead atoms. The van der Waals surface area contributed by atoms with Gasteiger partial charge in [0.1, 0.15) is 11.9 Å². The van der Waals surface area contributed by atoms with Crippen LogP contribution in [-0.2, 0) is 4.79 Å². The van der Waals surface area contributed by atoms with Gasteiger partial charge < -0.3 is 9.88 Å². The molecule has 1 amide bonds. The van der Waals surface area contributed by atoms with Crippen LogP contribution in [0.1, 0.15) is 87.6 Å². The number of carbonyl (C=O) groups excluding carboxylic acids is 1. The average Bonchev–Trinajstić information content (AvgIpc) is 3.28. The molecule has 2 aliphatic rings. The lowest BCUT2D eigenvalue weighted by Gasteiger charge is -2.33. The quantitative estimate of drug-likeness (QED) is 0.790. The maximum absolute atomic E-state index is 12.9. The lowest BCUT2D eigenvalue weighted by atomic mass is 9.94. The SMILES string of the molecule is CCN(CC(=O)Nc1c(C#N)c(C)c(C)n1C1CCCC1)C1CCCCC1. The van der Waals surface area contributed by atoms with Crippen LogP contribution < -0.4 is 5.32 Å². The number of nitriles is 1. The molecule has 0 atom stereocenters. The molecule has 2 saturated carbocycles. The molecule has 2 aliphatic carbocycles. The van der Waals surface area contributed by atoms with Gasteiger partial charge in [0.2, 0.25) is 5.91 Å². The van der Waals surface area contributed by atoms with Crippen molar-refractivity contribution in [3.05, 3.63) is 16.8 Å². The van der Waals surface area contributed by atoms with E-state index in [4.69, 9.17) is 0 Å². The Bertz CT molecular complexity index is 703. The number of amides is 1. The minimum atomic E-state index is 0.00988. The van der Waals surface area contributed by atoms with Gasteiger partial charge in [-0.15, -0.1) is 0 Å². The van der Waals surface area contributed by atoms with E-state index in [1.165, 1.54) is 44.9 Å². The Labute approximate surface area is 163 Å². The summed E-state index contributed by atoms with van der Waals surface area (Å²) in [7, 11) is 0. The van der Waals surface area contributed by atoms with Crippen LogP contribution in [0.5, 0.6) is 0 Å². The molecule has 3 rings (SSSR count). The van der Waals surface area contributed by atoms with Crippen molar-refractivity contribution in [2.24, 2.45) is 0 Å². The number of aromatic nitrogens is 1. The van der Waals surface area contributed by atoms with E-state index < -0.39 is 0 Å². The number of anilines is 1. The van der Waals surface area contributed by atoms with Crippen LogP contribution >= 0.6 is 0 Å². The number of nitrogens with one attached hydrogen (secondary N) is 1. The summed E-state index contributed by atoms with van der Waals surface area (Å²) in [6.07, 6.45) is 11.0. The zero-order valence-corrected chi connectivity index (χ0v) is 17.2. The first kappa shape index (κ1) is 19.9. The van der Waals surface area contributed by atoms with Gasteiger partial charge in [-0.25, -0.2) is 0 Å². The highest BCUT2D eigenvalue weighted by atomic mass is 16.2. The zero-order chi connectivity index (χ0) is 19.4. The lowest BCUT2D eigenvalue weighted by Crippen LogP contribution is -2.42. The minimum absolute atomic E-state index is 0.00988. The lowest BCUT2D eigenvalue weighted by molar-refractivity contribution is -0.118. The molecule has 5 nitrogen and oxygen atoms in total. The van der Waals surface area contributed by atoms with Crippen molar-refractivity contribution < 1.29 is 4.79 Å². The van der Waals surface area contributed by atoms with Crippen LogP contribution in [0.4, 0.5) is 5.82 Å². The van der Waals surface area contributed by atoms with Crippen molar-refractivity contribution in [2.75, 3.05) is 18.4 Å². The third kappa shape index (κ3) is 4.21. The fourth-order valence-corrected chi connectivity index (χ4v) is 5.01. The van der Waals surface area contributed by atoms with Gasteiger partial charge in [0.25, 0.3) is 0 Å². The van der Waals surface area contributed by atoms with Crippen molar-refractivity contribution in [1.29, 1.82) is 5.26 Å². The molecule has 1 N–H and O–H groups in total. The van der Waals surface area contributed by atoms with Crippen LogP contribution in [0, 0.1) is 25.2 Å². The summed E-state index contributed by atoms with van der Waals surface area (Å²) in [6.45, 7) is 7.52. The average molecular weight is 371 g/mol. The van der Waals surface area contributed by atoms with Crippen LogP contribution in [0.2, 0.25) is 0 Å². The van der Waals surface area contributed by atoms with Crippen LogP contribution in [-0.4, -0.2) is 34.5 Å². The Balaban J connectivity index is 1.78. The Morgan fingerprint density at radius 1 is 1.15 bits per heavy atom. The minimum Gasteiger partial charge on any atom is -0.327 e. The van der Waals surface area contributed by atoms with Crippen molar-refractivity contribution in [1.82, 2.24) is 9.47 Å². The molecule has 2 fully saturated rings. The van der Waals surface area contributed by atoms with Gasteiger partial charge in [0, 0.05) is 17.8 Å². The number of likely N-dealkylation sites (N-methyl/N-ethyl adjacent to an activating group) is 1. The Morgan fingerprint density at radius 3 is 2.37 bits per heavy atom. The smallest absolute Gasteiger partial charge is 0.239 e. The largest absolute Gasteiger partial charge is 0.327 e. The number of hydrogen-bond acceptors (Lipinski definition) is 3. The highest BCUT2D eigenvalue weighted by molar-refractivity contribution is 5.93. The summed E-state index contributed by atoms with van der Waals surface area (Å²) in [6, 6.07) is 3.26. The van der Waals surface area contributed by atoms with E-state index in [0.717, 1.165) is 36.5 Å². The predicted octanol–water partition coefficient (Wildman–Crippen LogP) is 4.68. The monoisotopic (exact) mass is 370 g/mol. The van der Waals surface area contributed by atoms with E-state index in [-0.39, 0.29) is 5.91 Å². The molecule has 0 spiro atoms. The van der Waals surface area contributed by atoms with E-state index in [2.05, 4.69) is 34.7 Å². The summed E-state index contributed by atoms with van der Waals surface area (Å²) in [5, 5.41) is 12.8. The molecule has 1 heterocycles. The van der Waals surface area contributed by atoms with Gasteiger partial charge in [-0.1, -0.05) is 39.0 Å². The molecule has 1 aromatic heterocycles. The van der Waals surface area contributed by atoms with Gasteiger partial charge in [0.05, 0.1) is 12.1 Å². The number of carbonyl (C=O) groups is 1. The highest BCUT2D eigenvalue weighted by Crippen LogP contribution is 2.37. The second-order valence-electron chi connectivity index (χ2n) is 8.26. The molecule has 27 heavy (non-hydrogen) atoms. The van der Waals surface area contributed by atoms with Gasteiger partial charge in [-0.3, -0.25) is 9.69 Å². The first-order chi connectivity index (χ1) is 13.1. The van der Waals surface area contributed by atoms with Gasteiger partial charge >= 0.3 is 0 Å². The molecular formula is C22H34N4O. The topological polar surface area (TPSA) is 61.1 Å². The van der Waals surface area contributed by atoms with Crippen molar-refractivity contribution in [2.45, 2.75) is 90.6 Å². The standard InChI is InChI=1S/C22H34N4O/c1-4-25(18-10-6-5-7-11-18)15-21(27)24-22-20(14-23)16(2)17(3)26(22)19-12-8-9-13-19/h18-19H,4-13,15H2,1-3H3,(H,24,27). The van der Waals surface area contributed by atoms with E-state index in [9.17, 15) is 10.1 Å². The molecule has 1 aromatic rings. The summed E-state index contributed by atoms with van der Waals surface area (Å²) in [4.78, 5) is 15.2.